The number of amides is 11. The van der Waals surface area contributed by atoms with Crippen LogP contribution in [0.4, 0.5) is 10.5 Å². The van der Waals surface area contributed by atoms with Crippen LogP contribution in [0.3, 0.4) is 0 Å². The number of imide groups is 2. The Kier molecular flexibility index (Phi) is 13.9. The summed E-state index contributed by atoms with van der Waals surface area (Å²) in [6.07, 6.45) is 1.75. The van der Waals surface area contributed by atoms with E-state index in [1.807, 2.05) is 13.8 Å². The van der Waals surface area contributed by atoms with Gasteiger partial charge in [0.2, 0.25) is 41.4 Å². The number of carbonyl (C=O) groups excluding carboxylic acids is 11. The number of hydrogen-bond donors (Lipinski definition) is 7. The molecule has 0 aromatic heterocycles. The van der Waals surface area contributed by atoms with E-state index in [9.17, 15) is 52.7 Å². The summed E-state index contributed by atoms with van der Waals surface area (Å²) >= 11 is 0. The van der Waals surface area contributed by atoms with Gasteiger partial charge in [0.25, 0.3) is 11.8 Å². The third kappa shape index (κ3) is 10.5. The molecule has 0 bridgehead atoms. The normalized spacial score (nSPS) is 24.2. The largest absolute Gasteiger partial charge is 0.356 e. The zero-order valence-electron chi connectivity index (χ0n) is 38.0. The maximum atomic E-state index is 14.3. The maximum Gasteiger partial charge on any atom is 0.315 e. The average molecular weight is 904 g/mol. The van der Waals surface area contributed by atoms with Crippen molar-refractivity contribution in [2.75, 3.05) is 25.0 Å². The van der Waals surface area contributed by atoms with Gasteiger partial charge >= 0.3 is 6.03 Å². The minimum Gasteiger partial charge on any atom is -0.356 e. The Labute approximate surface area is 377 Å². The first-order valence-corrected chi connectivity index (χ1v) is 22.3. The van der Waals surface area contributed by atoms with Crippen LogP contribution in [0.2, 0.25) is 0 Å². The number of piperidine rings is 2. The smallest absolute Gasteiger partial charge is 0.315 e. The van der Waals surface area contributed by atoms with E-state index in [4.69, 9.17) is 0 Å². The van der Waals surface area contributed by atoms with Gasteiger partial charge in [-0.2, -0.15) is 0 Å². The summed E-state index contributed by atoms with van der Waals surface area (Å²) < 4.78 is 0. The fraction of sp³-hybridized carbons (Fsp3) is 0.622. The van der Waals surface area contributed by atoms with Gasteiger partial charge in [0.15, 0.2) is 0 Å². The van der Waals surface area contributed by atoms with E-state index in [1.54, 1.807) is 34.6 Å². The van der Waals surface area contributed by atoms with Crippen LogP contribution in [-0.4, -0.2) is 125 Å². The monoisotopic (exact) mass is 903 g/mol. The summed E-state index contributed by atoms with van der Waals surface area (Å²) in [6, 6.07) is -0.219. The maximum absolute atomic E-state index is 14.3. The summed E-state index contributed by atoms with van der Waals surface area (Å²) in [5.74, 6) is -5.06. The second kappa shape index (κ2) is 18.7. The number of aldehydes is 1. The Balaban J connectivity index is 0.957. The first-order chi connectivity index (χ1) is 30.4. The molecular formula is C45H61N9O11. The first-order valence-electron chi connectivity index (χ1n) is 22.3. The molecule has 0 spiro atoms. The van der Waals surface area contributed by atoms with E-state index in [0.29, 0.717) is 25.8 Å². The molecular weight excluding hydrogens is 843 g/mol. The number of fused-ring (bicyclic) bond motifs is 2. The van der Waals surface area contributed by atoms with Gasteiger partial charge in [-0.1, -0.05) is 40.7 Å². The fourth-order valence-corrected chi connectivity index (χ4v) is 9.58. The molecule has 7 atom stereocenters. The highest BCUT2D eigenvalue weighted by atomic mass is 16.2. The second-order valence-corrected chi connectivity index (χ2v) is 20.1. The van der Waals surface area contributed by atoms with E-state index in [2.05, 4.69) is 37.2 Å². The van der Waals surface area contributed by atoms with Gasteiger partial charge in [0.05, 0.1) is 22.9 Å². The van der Waals surface area contributed by atoms with Crippen LogP contribution in [0.15, 0.2) is 18.2 Å². The number of likely N-dealkylation sites (tertiary alicyclic amines) is 1. The van der Waals surface area contributed by atoms with Gasteiger partial charge in [-0.3, -0.25) is 53.4 Å². The lowest BCUT2D eigenvalue weighted by Crippen LogP contribution is -2.62. The quantitative estimate of drug-likeness (QED) is 0.0655. The van der Waals surface area contributed by atoms with Gasteiger partial charge in [-0.15, -0.1) is 0 Å². The average Bonchev–Trinajstić information content (AvgIpc) is 3.63. The Morgan fingerprint density at radius 3 is 2.29 bits per heavy atom. The minimum atomic E-state index is -1.15. The molecule has 0 radical (unpaired) electrons. The molecule has 1 aliphatic carbocycles. The minimum absolute atomic E-state index is 0.00582. The van der Waals surface area contributed by atoms with Crippen molar-refractivity contribution in [3.05, 3.63) is 29.3 Å². The van der Waals surface area contributed by atoms with Crippen LogP contribution in [0.5, 0.6) is 0 Å². The van der Waals surface area contributed by atoms with Crippen LogP contribution in [-0.2, 0) is 38.4 Å². The number of benzene rings is 1. The fourth-order valence-electron chi connectivity index (χ4n) is 9.58. The Morgan fingerprint density at radius 1 is 0.923 bits per heavy atom. The summed E-state index contributed by atoms with van der Waals surface area (Å²) in [5.41, 5.74) is -1.82. The highest BCUT2D eigenvalue weighted by molar-refractivity contribution is 6.26. The molecule has 6 rings (SSSR count). The van der Waals surface area contributed by atoms with Crippen LogP contribution in [0.1, 0.15) is 121 Å². The van der Waals surface area contributed by atoms with E-state index in [1.165, 1.54) is 23.1 Å². The van der Waals surface area contributed by atoms with Gasteiger partial charge in [-0.05, 0) is 80.8 Å². The molecule has 1 aromatic carbocycles. The highest BCUT2D eigenvalue weighted by Gasteiger charge is 2.70. The molecule has 1 aromatic rings. The molecule has 20 nitrogen and oxygen atoms in total. The molecule has 4 heterocycles. The number of hydrogen-bond acceptors (Lipinski definition) is 11. The lowest BCUT2D eigenvalue weighted by molar-refractivity contribution is -0.144. The van der Waals surface area contributed by atoms with Gasteiger partial charge in [0, 0.05) is 50.4 Å². The molecule has 11 amide bonds. The van der Waals surface area contributed by atoms with E-state index in [0.717, 1.165) is 4.90 Å². The molecule has 352 valence electrons. The molecule has 1 saturated carbocycles. The zero-order valence-corrected chi connectivity index (χ0v) is 38.0. The SMILES string of the molecule is CC(C)(CCC(=O)NCCCC(=O)Nc1cccc2c1C(=O)N(C1CCC(=O)NC1=O)C2=O)NC(=O)N[C@H](C(=O)N1C[C@H]2[C@@H]([C@H]1C(=O)N[C@H](C=O)C[C@@H]1CCNC1=O)C2(C)C)C(C)(C)C. The van der Waals surface area contributed by atoms with E-state index < -0.39 is 88.4 Å². The molecule has 1 unspecified atom stereocenters. The number of nitrogens with zero attached hydrogens (tertiary/aromatic N) is 2. The molecule has 5 aliphatic rings. The van der Waals surface area contributed by atoms with Crippen LogP contribution in [0, 0.1) is 28.6 Å². The summed E-state index contributed by atoms with van der Waals surface area (Å²) in [4.78, 5) is 144. The summed E-state index contributed by atoms with van der Waals surface area (Å²) in [7, 11) is 0. The van der Waals surface area contributed by atoms with Gasteiger partial charge in [-0.25, -0.2) is 4.79 Å². The lowest BCUT2D eigenvalue weighted by atomic mass is 9.85. The van der Waals surface area contributed by atoms with Crippen LogP contribution < -0.4 is 37.2 Å². The third-order valence-corrected chi connectivity index (χ3v) is 13.4. The summed E-state index contributed by atoms with van der Waals surface area (Å²) in [6.45, 7) is 13.9. The molecule has 65 heavy (non-hydrogen) atoms. The third-order valence-electron chi connectivity index (χ3n) is 13.4. The topological polar surface area (TPSA) is 278 Å². The predicted molar refractivity (Wildman–Crippen MR) is 232 cm³/mol. The van der Waals surface area contributed by atoms with E-state index >= 15 is 0 Å². The van der Waals surface area contributed by atoms with Crippen molar-refractivity contribution in [3.8, 4) is 0 Å². The van der Waals surface area contributed by atoms with Crippen molar-refractivity contribution in [2.24, 2.45) is 28.6 Å². The Bertz CT molecular complexity index is 2180. The number of anilines is 1. The van der Waals surface area contributed by atoms with Gasteiger partial charge < -0.3 is 41.6 Å². The number of rotatable bonds is 17. The standard InChI is InChI=1S/C45H61N9O11/c1-43(2,3)35(41(64)53-21-26-33(45(26,6)7)34(53)38(61)48-24(22-55)20-23-16-19-47-36(23)59)51-42(65)52-44(4,5)17-15-29(56)46-18-9-12-30(57)49-27-11-8-10-25-32(27)40(63)54(39(25)62)28-13-14-31(58)50-37(28)60/h8,10-11,22-24,26,28,33-35H,9,12-21H2,1-7H3,(H,46,56)(H,47,59)(H,48,61)(H,49,57)(H,50,58,60)(H2,51,52,65)/t23-,24-,26-,28?,33-,34-,35+/m0/s1. The molecule has 3 saturated heterocycles. The summed E-state index contributed by atoms with van der Waals surface area (Å²) in [5, 5.41) is 18.8. The number of carbonyl (C=O) groups is 11. The molecule has 4 fully saturated rings. The van der Waals surface area contributed by atoms with Crippen molar-refractivity contribution in [3.63, 3.8) is 0 Å². The lowest BCUT2D eigenvalue weighted by Gasteiger charge is -2.38. The van der Waals surface area contributed by atoms with Crippen molar-refractivity contribution < 1.29 is 52.7 Å². The molecule has 4 aliphatic heterocycles. The van der Waals surface area contributed by atoms with Crippen molar-refractivity contribution in [1.82, 2.24) is 41.7 Å². The zero-order chi connectivity index (χ0) is 47.8. The molecule has 7 N–H and O–H groups in total. The van der Waals surface area contributed by atoms with Crippen LogP contribution in [0.25, 0.3) is 0 Å². The van der Waals surface area contributed by atoms with Crippen molar-refractivity contribution in [2.45, 2.75) is 130 Å². The number of nitrogens with one attached hydrogen (secondary N) is 7. The van der Waals surface area contributed by atoms with Crippen molar-refractivity contribution in [1.29, 1.82) is 0 Å². The molecule has 20 heteroatoms. The highest BCUT2D eigenvalue weighted by Crippen LogP contribution is 2.65. The first kappa shape index (κ1) is 48.3. The number of urea groups is 1. The van der Waals surface area contributed by atoms with Gasteiger partial charge in [0.1, 0.15) is 24.4 Å². The van der Waals surface area contributed by atoms with Crippen LogP contribution >= 0.6 is 0 Å². The van der Waals surface area contributed by atoms with E-state index in [-0.39, 0.29) is 97.4 Å². The Morgan fingerprint density at radius 2 is 1.65 bits per heavy atom. The van der Waals surface area contributed by atoms with Crippen molar-refractivity contribution >= 4 is 71.2 Å². The Hall–Kier alpha value is -6.21. The predicted octanol–water partition coefficient (Wildman–Crippen LogP) is 0.888. The second-order valence-electron chi connectivity index (χ2n) is 20.1.